The molecule has 1 N–H and O–H groups in total. The van der Waals surface area contributed by atoms with E-state index in [-0.39, 0.29) is 37.3 Å². The maximum absolute atomic E-state index is 15.0. The molecule has 0 bridgehead atoms. The molecule has 0 radical (unpaired) electrons. The first-order valence-corrected chi connectivity index (χ1v) is 23.2. The number of hydrogen-bond donors (Lipinski definition) is 1. The number of aliphatic hydroxyl groups is 1. The SMILES string of the molecule is C=CN(C)[C@H]1C[C@@H](C)OC(O[C@@H]2[C@@H](C)[C@H](OC(=O)Cc3cccnc3)[C@@H](C)C(=O)O[C@H](C)[C@@]3(C)OC(=O)N(CCCC(C)n4cnc5ncccc54)[C@H]3[C@@H](C)C(=O)[C@H](C)C[C@@]2(C)OC)[C@@H]1O. The van der Waals surface area contributed by atoms with E-state index in [2.05, 4.69) is 33.0 Å². The van der Waals surface area contributed by atoms with E-state index in [4.69, 9.17) is 28.4 Å². The van der Waals surface area contributed by atoms with Gasteiger partial charge in [-0.25, -0.2) is 14.8 Å². The number of amides is 1. The molecule has 2 unspecified atom stereocenters. The monoisotopic (exact) mass is 919 g/mol. The highest BCUT2D eigenvalue weighted by atomic mass is 16.7. The van der Waals surface area contributed by atoms with Crippen LogP contribution in [0.25, 0.3) is 11.2 Å². The Morgan fingerprint density at radius 2 is 1.80 bits per heavy atom. The van der Waals surface area contributed by atoms with Crippen molar-refractivity contribution >= 4 is 35.0 Å². The third-order valence-corrected chi connectivity index (χ3v) is 14.5. The Bertz CT molecular complexity index is 2170. The molecule has 3 saturated heterocycles. The number of carbonyl (C=O) groups excluding carboxylic acids is 4. The van der Waals surface area contributed by atoms with Gasteiger partial charge in [0.2, 0.25) is 0 Å². The Morgan fingerprint density at radius 3 is 2.48 bits per heavy atom. The van der Waals surface area contributed by atoms with E-state index in [1.54, 1.807) is 89.7 Å². The number of rotatable bonds is 13. The molecule has 3 aliphatic rings. The van der Waals surface area contributed by atoms with Crippen LogP contribution in [0.3, 0.4) is 0 Å². The Labute approximate surface area is 388 Å². The molecule has 17 heteroatoms. The Kier molecular flexibility index (Phi) is 16.0. The van der Waals surface area contributed by atoms with Crippen molar-refractivity contribution in [2.24, 2.45) is 23.7 Å². The fraction of sp³-hybridized carbons (Fsp3) is 0.653. The van der Waals surface area contributed by atoms with E-state index in [9.17, 15) is 24.3 Å². The van der Waals surface area contributed by atoms with Gasteiger partial charge >= 0.3 is 18.0 Å². The first-order chi connectivity index (χ1) is 31.2. The molecular weight excluding hydrogens is 849 g/mol. The summed E-state index contributed by atoms with van der Waals surface area (Å²) in [4.78, 5) is 73.9. The molecule has 362 valence electrons. The molecular formula is C49H70N6O11. The van der Waals surface area contributed by atoms with Crippen molar-refractivity contribution in [1.29, 1.82) is 0 Å². The molecule has 0 spiro atoms. The highest BCUT2D eigenvalue weighted by Crippen LogP contribution is 2.43. The maximum atomic E-state index is 15.0. The van der Waals surface area contributed by atoms with E-state index < -0.39 is 95.7 Å². The largest absolute Gasteiger partial charge is 0.461 e. The van der Waals surface area contributed by atoms with E-state index in [0.717, 1.165) is 5.52 Å². The summed E-state index contributed by atoms with van der Waals surface area (Å²) in [5.41, 5.74) is -0.625. The summed E-state index contributed by atoms with van der Waals surface area (Å²) in [6, 6.07) is 6.06. The fourth-order valence-corrected chi connectivity index (χ4v) is 10.5. The number of fused-ring (bicyclic) bond motifs is 2. The molecule has 0 aromatic carbocycles. The molecule has 1 amide bonds. The lowest BCUT2D eigenvalue weighted by Gasteiger charge is -2.48. The van der Waals surface area contributed by atoms with Crippen LogP contribution in [-0.2, 0) is 49.2 Å². The number of ether oxygens (including phenoxy) is 6. The van der Waals surface area contributed by atoms with E-state index >= 15 is 0 Å². The van der Waals surface area contributed by atoms with Crippen LogP contribution in [0.2, 0.25) is 0 Å². The highest BCUT2D eigenvalue weighted by Gasteiger charge is 2.60. The van der Waals surface area contributed by atoms with Crippen LogP contribution in [0.5, 0.6) is 0 Å². The number of likely N-dealkylation sites (N-methyl/N-ethyl adjacent to an activating group) is 1. The minimum absolute atomic E-state index is 0.0152. The van der Waals surface area contributed by atoms with Crippen molar-refractivity contribution in [2.45, 2.75) is 161 Å². The van der Waals surface area contributed by atoms with E-state index in [1.165, 1.54) is 7.11 Å². The lowest BCUT2D eigenvalue weighted by molar-refractivity contribution is -0.301. The van der Waals surface area contributed by atoms with Crippen molar-refractivity contribution in [3.05, 3.63) is 67.5 Å². The van der Waals surface area contributed by atoms with Gasteiger partial charge in [-0.3, -0.25) is 19.4 Å². The molecule has 15 atom stereocenters. The van der Waals surface area contributed by atoms with Gasteiger partial charge in [-0.1, -0.05) is 33.4 Å². The van der Waals surface area contributed by atoms with E-state index in [0.29, 0.717) is 30.5 Å². The summed E-state index contributed by atoms with van der Waals surface area (Å²) in [5, 5.41) is 11.8. The molecule has 3 aliphatic heterocycles. The molecule has 6 heterocycles. The van der Waals surface area contributed by atoms with Gasteiger partial charge in [0.05, 0.1) is 54.1 Å². The first kappa shape index (κ1) is 50.4. The number of aromatic nitrogens is 4. The summed E-state index contributed by atoms with van der Waals surface area (Å²) in [6.45, 7) is 20.3. The van der Waals surface area contributed by atoms with Crippen LogP contribution in [0.4, 0.5) is 4.79 Å². The molecule has 3 aromatic heterocycles. The Hall–Kier alpha value is -4.97. The van der Waals surface area contributed by atoms with Crippen LogP contribution in [0.1, 0.15) is 99.6 Å². The zero-order chi connectivity index (χ0) is 48.2. The average Bonchev–Trinajstić information content (AvgIpc) is 3.84. The number of Topliss-reactive ketones (excluding diaryl/α,β-unsaturated/α-hetero) is 1. The van der Waals surface area contributed by atoms with Crippen molar-refractivity contribution in [3.63, 3.8) is 0 Å². The second-order valence-corrected chi connectivity index (χ2v) is 19.2. The van der Waals surface area contributed by atoms with Gasteiger partial charge in [-0.05, 0) is 97.2 Å². The number of hydrogen-bond acceptors (Lipinski definition) is 15. The van der Waals surface area contributed by atoms with Crippen molar-refractivity contribution in [2.75, 3.05) is 20.7 Å². The van der Waals surface area contributed by atoms with Crippen molar-refractivity contribution in [3.8, 4) is 0 Å². The normalized spacial score (nSPS) is 35.0. The molecule has 66 heavy (non-hydrogen) atoms. The average molecular weight is 919 g/mol. The van der Waals surface area contributed by atoms with Crippen LogP contribution >= 0.6 is 0 Å². The lowest BCUT2D eigenvalue weighted by Crippen LogP contribution is -2.60. The summed E-state index contributed by atoms with van der Waals surface area (Å²) < 4.78 is 40.4. The van der Waals surface area contributed by atoms with Crippen LogP contribution in [-0.4, -0.2) is 139 Å². The van der Waals surface area contributed by atoms with Gasteiger partial charge in [0, 0.05) is 63.1 Å². The van der Waals surface area contributed by atoms with Gasteiger partial charge < -0.3 is 47.9 Å². The van der Waals surface area contributed by atoms with Gasteiger partial charge in [-0.2, -0.15) is 0 Å². The lowest BCUT2D eigenvalue weighted by atomic mass is 9.73. The van der Waals surface area contributed by atoms with Crippen LogP contribution in [0, 0.1) is 23.7 Å². The number of nitrogens with zero attached hydrogens (tertiary/aromatic N) is 6. The number of ketones is 1. The van der Waals surface area contributed by atoms with E-state index in [1.807, 2.05) is 37.9 Å². The fourth-order valence-electron chi connectivity index (χ4n) is 10.5. The second-order valence-electron chi connectivity index (χ2n) is 19.2. The topological polar surface area (TPSA) is 194 Å². The predicted octanol–water partition coefficient (Wildman–Crippen LogP) is 6.08. The van der Waals surface area contributed by atoms with Crippen LogP contribution < -0.4 is 0 Å². The van der Waals surface area contributed by atoms with Gasteiger partial charge in [0.15, 0.2) is 17.5 Å². The van der Waals surface area contributed by atoms with Crippen molar-refractivity contribution < 1.29 is 52.7 Å². The second kappa shape index (κ2) is 20.9. The molecule has 6 rings (SSSR count). The van der Waals surface area contributed by atoms with Crippen molar-refractivity contribution in [1.82, 2.24) is 29.3 Å². The number of esters is 2. The maximum Gasteiger partial charge on any atom is 0.410 e. The van der Waals surface area contributed by atoms with Gasteiger partial charge in [0.1, 0.15) is 24.1 Å². The minimum atomic E-state index is -1.46. The zero-order valence-electron chi connectivity index (χ0n) is 40.4. The minimum Gasteiger partial charge on any atom is -0.461 e. The number of cyclic esters (lactones) is 1. The smallest absolute Gasteiger partial charge is 0.410 e. The standard InChI is InChI=1S/C49H70N6O11/c1-13-53(11)37-23-30(4)62-46(40(37)58)65-43-32(6)41(64-38(56)24-35-18-14-20-50-26-35)33(7)45(59)63-34(8)49(10)42(31(5)39(57)28(2)25-48(43,9)61-12)54(47(60)66-49)22-16-17-29(3)55-27-52-44-36(55)19-15-21-51-44/h13-15,18-21,26-34,37,40-43,46,58H,1,16-17,22-25H2,2-12H3/t28-,29?,30-,31+,32+,33-,34-,37+,40-,41+,42+,43-,46?,48-,49-/m1/s1. The molecule has 3 fully saturated rings. The molecule has 0 aliphatic carbocycles. The third-order valence-electron chi connectivity index (χ3n) is 14.5. The zero-order valence-corrected chi connectivity index (χ0v) is 40.4. The molecule has 0 saturated carbocycles. The van der Waals surface area contributed by atoms with Gasteiger partial charge in [0.25, 0.3) is 0 Å². The quantitative estimate of drug-likeness (QED) is 0.153. The first-order valence-electron chi connectivity index (χ1n) is 23.2. The number of carbonyl (C=O) groups is 4. The van der Waals surface area contributed by atoms with Crippen LogP contribution in [0.15, 0.2) is 62.0 Å². The predicted molar refractivity (Wildman–Crippen MR) is 244 cm³/mol. The molecule has 3 aromatic rings. The summed E-state index contributed by atoms with van der Waals surface area (Å²) in [6.07, 6.45) is 3.36. The number of aliphatic hydroxyl groups excluding tert-OH is 1. The number of methoxy groups -OCH3 is 1. The molecule has 17 nitrogen and oxygen atoms in total. The van der Waals surface area contributed by atoms with Gasteiger partial charge in [-0.15, -0.1) is 0 Å². The Morgan fingerprint density at radius 1 is 1.08 bits per heavy atom. The highest BCUT2D eigenvalue weighted by molar-refractivity contribution is 5.85. The number of imidazole rings is 1. The Balaban J connectivity index is 1.36. The third kappa shape index (κ3) is 10.4. The summed E-state index contributed by atoms with van der Waals surface area (Å²) >= 11 is 0. The number of pyridine rings is 2. The summed E-state index contributed by atoms with van der Waals surface area (Å²) in [5.74, 6) is -4.94. The summed E-state index contributed by atoms with van der Waals surface area (Å²) in [7, 11) is 3.33.